The number of carbonyl (C=O) groups excluding carboxylic acids is 2. The maximum atomic E-state index is 13.0. The summed E-state index contributed by atoms with van der Waals surface area (Å²) in [4.78, 5) is 27.3. The van der Waals surface area contributed by atoms with E-state index in [0.717, 1.165) is 29.7 Å². The summed E-state index contributed by atoms with van der Waals surface area (Å²) in [6.45, 7) is 4.74. The summed E-state index contributed by atoms with van der Waals surface area (Å²) in [5.41, 5.74) is 2.00. The number of unbranched alkanes of at least 4 members (excludes halogenated alkanes) is 1. The van der Waals surface area contributed by atoms with Crippen LogP contribution in [0, 0.1) is 0 Å². The summed E-state index contributed by atoms with van der Waals surface area (Å²) in [5.74, 6) is 0.803. The lowest BCUT2D eigenvalue weighted by Crippen LogP contribution is -2.48. The summed E-state index contributed by atoms with van der Waals surface area (Å²) >= 11 is 13.7. The molecule has 0 aliphatic carbocycles. The third-order valence-electron chi connectivity index (χ3n) is 4.67. The van der Waals surface area contributed by atoms with Gasteiger partial charge in [-0.15, -0.1) is 11.8 Å². The average molecular weight is 467 g/mol. The normalized spacial score (nSPS) is 11.7. The monoisotopic (exact) mass is 466 g/mol. The van der Waals surface area contributed by atoms with Crippen molar-refractivity contribution >= 4 is 46.8 Å². The van der Waals surface area contributed by atoms with E-state index in [0.29, 0.717) is 28.9 Å². The molecule has 0 aliphatic rings. The molecule has 4 nitrogen and oxygen atoms in total. The van der Waals surface area contributed by atoms with Gasteiger partial charge in [-0.2, -0.15) is 0 Å². The molecule has 1 atom stereocenters. The highest BCUT2D eigenvalue weighted by Gasteiger charge is 2.26. The Morgan fingerprint density at radius 1 is 1.07 bits per heavy atom. The SMILES string of the molecule is CCCCNC(=O)C(C)N(Cc1ccc(Cl)c(Cl)c1)C(=O)CSCc1ccccc1. The van der Waals surface area contributed by atoms with Crippen LogP contribution >= 0.6 is 35.0 Å². The lowest BCUT2D eigenvalue weighted by Gasteiger charge is -2.29. The quantitative estimate of drug-likeness (QED) is 0.440. The van der Waals surface area contributed by atoms with Crippen molar-refractivity contribution in [2.45, 2.75) is 45.0 Å². The molecule has 2 amide bonds. The van der Waals surface area contributed by atoms with Crippen molar-refractivity contribution < 1.29 is 9.59 Å². The van der Waals surface area contributed by atoms with E-state index in [1.165, 1.54) is 11.8 Å². The van der Waals surface area contributed by atoms with Crippen molar-refractivity contribution in [2.75, 3.05) is 12.3 Å². The summed E-state index contributed by atoms with van der Waals surface area (Å²) in [6.07, 6.45) is 1.91. The van der Waals surface area contributed by atoms with E-state index in [4.69, 9.17) is 23.2 Å². The molecule has 2 aromatic rings. The van der Waals surface area contributed by atoms with Crippen LogP contribution in [0.2, 0.25) is 10.0 Å². The Kier molecular flexibility index (Phi) is 10.6. The van der Waals surface area contributed by atoms with Crippen LogP contribution in [0.3, 0.4) is 0 Å². The number of rotatable bonds is 11. The Labute approximate surface area is 193 Å². The molecule has 1 unspecified atom stereocenters. The number of amides is 2. The van der Waals surface area contributed by atoms with Crippen LogP contribution in [0.15, 0.2) is 48.5 Å². The van der Waals surface area contributed by atoms with Crippen LogP contribution in [0.5, 0.6) is 0 Å². The summed E-state index contributed by atoms with van der Waals surface area (Å²) < 4.78 is 0. The highest BCUT2D eigenvalue weighted by Crippen LogP contribution is 2.24. The largest absolute Gasteiger partial charge is 0.354 e. The molecule has 2 aromatic carbocycles. The van der Waals surface area contributed by atoms with Crippen molar-refractivity contribution in [1.29, 1.82) is 0 Å². The zero-order valence-corrected chi connectivity index (χ0v) is 19.7. The first-order chi connectivity index (χ1) is 14.4. The molecule has 7 heteroatoms. The Morgan fingerprint density at radius 3 is 2.47 bits per heavy atom. The minimum Gasteiger partial charge on any atom is -0.354 e. The number of hydrogen-bond donors (Lipinski definition) is 1. The summed E-state index contributed by atoms with van der Waals surface area (Å²) in [7, 11) is 0. The molecule has 0 fully saturated rings. The van der Waals surface area contributed by atoms with Gasteiger partial charge < -0.3 is 10.2 Å². The number of hydrogen-bond acceptors (Lipinski definition) is 3. The molecular weight excluding hydrogens is 439 g/mol. The van der Waals surface area contributed by atoms with Gasteiger partial charge in [0.15, 0.2) is 0 Å². The Bertz CT molecular complexity index is 833. The van der Waals surface area contributed by atoms with E-state index in [9.17, 15) is 9.59 Å². The molecule has 0 spiro atoms. The molecule has 0 aliphatic heterocycles. The van der Waals surface area contributed by atoms with Gasteiger partial charge in [0.1, 0.15) is 6.04 Å². The van der Waals surface area contributed by atoms with E-state index in [1.807, 2.05) is 36.4 Å². The molecular formula is C23H28Cl2N2O2S. The minimum absolute atomic E-state index is 0.0832. The van der Waals surface area contributed by atoms with Gasteiger partial charge in [-0.3, -0.25) is 9.59 Å². The maximum absolute atomic E-state index is 13.0. The molecule has 1 N–H and O–H groups in total. The lowest BCUT2D eigenvalue weighted by molar-refractivity contribution is -0.138. The predicted octanol–water partition coefficient (Wildman–Crippen LogP) is 5.56. The molecule has 2 rings (SSSR count). The minimum atomic E-state index is -0.582. The van der Waals surface area contributed by atoms with Gasteiger partial charge >= 0.3 is 0 Å². The van der Waals surface area contributed by atoms with Gasteiger partial charge in [0.05, 0.1) is 15.8 Å². The van der Waals surface area contributed by atoms with Gasteiger partial charge in [-0.1, -0.05) is 72.9 Å². The van der Waals surface area contributed by atoms with Crippen LogP contribution in [-0.4, -0.2) is 35.1 Å². The van der Waals surface area contributed by atoms with Crippen LogP contribution in [0.4, 0.5) is 0 Å². The number of benzene rings is 2. The van der Waals surface area contributed by atoms with E-state index < -0.39 is 6.04 Å². The highest BCUT2D eigenvalue weighted by molar-refractivity contribution is 7.99. The van der Waals surface area contributed by atoms with Gasteiger partial charge in [0.2, 0.25) is 11.8 Å². The molecule has 162 valence electrons. The van der Waals surface area contributed by atoms with Crippen molar-refractivity contribution in [1.82, 2.24) is 10.2 Å². The Hall–Kier alpha value is -1.69. The summed E-state index contributed by atoms with van der Waals surface area (Å²) in [5, 5.41) is 3.81. The molecule has 0 aromatic heterocycles. The number of thioether (sulfide) groups is 1. The van der Waals surface area contributed by atoms with Crippen molar-refractivity contribution in [3.63, 3.8) is 0 Å². The molecule has 0 bridgehead atoms. The second kappa shape index (κ2) is 12.9. The van der Waals surface area contributed by atoms with E-state index in [1.54, 1.807) is 24.0 Å². The average Bonchev–Trinajstić information content (AvgIpc) is 2.74. The molecule has 0 saturated carbocycles. The van der Waals surface area contributed by atoms with E-state index >= 15 is 0 Å². The molecule has 0 heterocycles. The zero-order valence-electron chi connectivity index (χ0n) is 17.4. The van der Waals surface area contributed by atoms with Crippen LogP contribution in [-0.2, 0) is 21.9 Å². The van der Waals surface area contributed by atoms with Crippen molar-refractivity contribution in [3.8, 4) is 0 Å². The van der Waals surface area contributed by atoms with Gasteiger partial charge in [0.25, 0.3) is 0 Å². The second-order valence-electron chi connectivity index (χ2n) is 7.07. The van der Waals surface area contributed by atoms with Crippen LogP contribution < -0.4 is 5.32 Å². The first-order valence-electron chi connectivity index (χ1n) is 10.0. The zero-order chi connectivity index (χ0) is 21.9. The number of halogens is 2. The van der Waals surface area contributed by atoms with Gasteiger partial charge in [-0.25, -0.2) is 0 Å². The number of nitrogens with one attached hydrogen (secondary N) is 1. The van der Waals surface area contributed by atoms with E-state index in [2.05, 4.69) is 12.2 Å². The van der Waals surface area contributed by atoms with Crippen molar-refractivity contribution in [2.24, 2.45) is 0 Å². The standard InChI is InChI=1S/C23H28Cl2N2O2S/c1-3-4-12-26-23(29)17(2)27(14-19-10-11-20(24)21(25)13-19)22(28)16-30-15-18-8-6-5-7-9-18/h5-11,13,17H,3-4,12,14-16H2,1-2H3,(H,26,29). The third-order valence-corrected chi connectivity index (χ3v) is 6.40. The topological polar surface area (TPSA) is 49.4 Å². The smallest absolute Gasteiger partial charge is 0.242 e. The number of carbonyl (C=O) groups is 2. The Balaban J connectivity index is 2.07. The highest BCUT2D eigenvalue weighted by atomic mass is 35.5. The molecule has 30 heavy (non-hydrogen) atoms. The molecule has 0 radical (unpaired) electrons. The van der Waals surface area contributed by atoms with E-state index in [-0.39, 0.29) is 11.8 Å². The number of nitrogens with zero attached hydrogens (tertiary/aromatic N) is 1. The fourth-order valence-electron chi connectivity index (χ4n) is 2.87. The van der Waals surface area contributed by atoms with Crippen LogP contribution in [0.1, 0.15) is 37.8 Å². The third kappa shape index (κ3) is 7.86. The first kappa shape index (κ1) is 24.6. The fourth-order valence-corrected chi connectivity index (χ4v) is 4.06. The second-order valence-corrected chi connectivity index (χ2v) is 8.87. The van der Waals surface area contributed by atoms with Gasteiger partial charge in [0, 0.05) is 18.8 Å². The van der Waals surface area contributed by atoms with Crippen LogP contribution in [0.25, 0.3) is 0 Å². The van der Waals surface area contributed by atoms with Crippen molar-refractivity contribution in [3.05, 3.63) is 69.7 Å². The first-order valence-corrected chi connectivity index (χ1v) is 12.0. The predicted molar refractivity (Wildman–Crippen MR) is 127 cm³/mol. The lowest BCUT2D eigenvalue weighted by atomic mass is 10.1. The Morgan fingerprint density at radius 2 is 1.80 bits per heavy atom. The van der Waals surface area contributed by atoms with Gasteiger partial charge in [-0.05, 0) is 36.6 Å². The summed E-state index contributed by atoms with van der Waals surface area (Å²) in [6, 6.07) is 14.7. The fraction of sp³-hybridized carbons (Fsp3) is 0.391. The maximum Gasteiger partial charge on any atom is 0.242 e. The molecule has 0 saturated heterocycles.